The molecule has 0 bridgehead atoms. The minimum atomic E-state index is -4.60. The molecule has 0 fully saturated rings. The zero-order valence-corrected chi connectivity index (χ0v) is 37.3. The van der Waals surface area contributed by atoms with Gasteiger partial charge in [0.2, 0.25) is 5.91 Å². The number of hydrogen-bond acceptors (Lipinski definition) is 6. The largest absolute Gasteiger partial charge is 0.756 e. The van der Waals surface area contributed by atoms with Crippen LogP contribution in [0.15, 0.2) is 48.6 Å². The Bertz CT molecular complexity index is 1040. The number of allylic oxidation sites excluding steroid dienone is 7. The second-order valence-electron chi connectivity index (χ2n) is 16.4. The van der Waals surface area contributed by atoms with Crippen LogP contribution < -0.4 is 10.2 Å². The Morgan fingerprint density at radius 3 is 1.60 bits per heavy atom. The summed E-state index contributed by atoms with van der Waals surface area (Å²) in [6.45, 7) is 4.59. The maximum Gasteiger partial charge on any atom is 0.268 e. The van der Waals surface area contributed by atoms with Crippen molar-refractivity contribution in [2.24, 2.45) is 0 Å². The molecule has 322 valence electrons. The molecule has 0 saturated carbocycles. The lowest BCUT2D eigenvalue weighted by molar-refractivity contribution is -0.870. The van der Waals surface area contributed by atoms with E-state index in [1.54, 1.807) is 6.08 Å². The minimum absolute atomic E-state index is 0.00930. The lowest BCUT2D eigenvalue weighted by atomic mass is 10.1. The smallest absolute Gasteiger partial charge is 0.268 e. The van der Waals surface area contributed by atoms with Crippen molar-refractivity contribution in [3.8, 4) is 0 Å². The van der Waals surface area contributed by atoms with Crippen LogP contribution in [0.1, 0.15) is 187 Å². The lowest BCUT2D eigenvalue weighted by Crippen LogP contribution is -2.45. The lowest BCUT2D eigenvalue weighted by Gasteiger charge is -2.29. The molecule has 0 heterocycles. The summed E-state index contributed by atoms with van der Waals surface area (Å²) in [5.74, 6) is -0.217. The summed E-state index contributed by atoms with van der Waals surface area (Å²) in [6.07, 6.45) is 47.2. The van der Waals surface area contributed by atoms with E-state index in [-0.39, 0.29) is 12.5 Å². The fourth-order valence-corrected chi connectivity index (χ4v) is 6.86. The fraction of sp³-hybridized carbons (Fsp3) is 0.804. The van der Waals surface area contributed by atoms with E-state index >= 15 is 0 Å². The monoisotopic (exact) mass is 795 g/mol. The van der Waals surface area contributed by atoms with Gasteiger partial charge in [-0.25, -0.2) is 0 Å². The van der Waals surface area contributed by atoms with E-state index in [4.69, 9.17) is 9.05 Å². The van der Waals surface area contributed by atoms with Crippen LogP contribution in [-0.4, -0.2) is 68.5 Å². The standard InChI is InChI=1S/C46H87N2O6P/c1-6-8-10-12-14-16-18-20-22-23-24-26-28-30-32-34-36-38-40-46(50)47-44(43-54-55(51,52)53-42-41-48(3,4)5)45(49)39-37-35-33-31-29-27-25-21-19-17-15-13-11-9-7-2/h16,18,22-23,29,31,37,39,44-45,49H,6-15,17,19-21,24-28,30,32-36,38,40-43H2,1-5H3,(H-,47,50,51,52)/b18-16-,23-22-,31-29+,39-37+. The van der Waals surface area contributed by atoms with Gasteiger partial charge in [0, 0.05) is 6.42 Å². The molecule has 1 amide bonds. The number of nitrogens with zero attached hydrogens (tertiary/aromatic N) is 1. The number of phosphoric acid groups is 1. The van der Waals surface area contributed by atoms with Gasteiger partial charge in [-0.15, -0.1) is 0 Å². The first-order chi connectivity index (χ1) is 26.5. The molecular weight excluding hydrogens is 707 g/mol. The number of rotatable bonds is 40. The van der Waals surface area contributed by atoms with Crippen LogP contribution in [-0.2, 0) is 18.4 Å². The molecule has 0 aromatic rings. The predicted octanol–water partition coefficient (Wildman–Crippen LogP) is 11.8. The fourth-order valence-electron chi connectivity index (χ4n) is 6.14. The number of aliphatic hydroxyl groups is 1. The van der Waals surface area contributed by atoms with Crippen molar-refractivity contribution in [3.63, 3.8) is 0 Å². The number of carbonyl (C=O) groups is 1. The number of aliphatic hydroxyl groups excluding tert-OH is 1. The molecule has 8 nitrogen and oxygen atoms in total. The quantitative estimate of drug-likeness (QED) is 0.0277. The minimum Gasteiger partial charge on any atom is -0.756 e. The average Bonchev–Trinajstić information content (AvgIpc) is 3.13. The maximum atomic E-state index is 12.8. The first-order valence-electron chi connectivity index (χ1n) is 22.5. The van der Waals surface area contributed by atoms with Crippen molar-refractivity contribution in [1.29, 1.82) is 0 Å². The summed E-state index contributed by atoms with van der Waals surface area (Å²) >= 11 is 0. The number of carbonyl (C=O) groups excluding carboxylic acids is 1. The number of phosphoric ester groups is 1. The summed E-state index contributed by atoms with van der Waals surface area (Å²) in [5, 5.41) is 13.7. The van der Waals surface area contributed by atoms with Crippen LogP contribution in [0.4, 0.5) is 0 Å². The van der Waals surface area contributed by atoms with Crippen LogP contribution in [0.5, 0.6) is 0 Å². The topological polar surface area (TPSA) is 108 Å². The SMILES string of the molecule is CCCCCC/C=C\C/C=C\CCCCCCCCCC(=O)NC(COP(=O)([O-])OCC[N+](C)(C)C)C(O)/C=C/CC/C=C/CCCCCCCCCCC. The van der Waals surface area contributed by atoms with Gasteiger partial charge in [-0.2, -0.15) is 0 Å². The van der Waals surface area contributed by atoms with E-state index in [9.17, 15) is 19.4 Å². The normalized spacial score (nSPS) is 14.8. The third kappa shape index (κ3) is 40.5. The second kappa shape index (κ2) is 38.0. The van der Waals surface area contributed by atoms with Gasteiger partial charge in [-0.05, 0) is 64.2 Å². The molecule has 9 heteroatoms. The molecule has 0 rings (SSSR count). The summed E-state index contributed by atoms with van der Waals surface area (Å²) in [5.41, 5.74) is 0. The van der Waals surface area contributed by atoms with Crippen molar-refractivity contribution in [3.05, 3.63) is 48.6 Å². The summed E-state index contributed by atoms with van der Waals surface area (Å²) in [4.78, 5) is 25.3. The van der Waals surface area contributed by atoms with Gasteiger partial charge < -0.3 is 28.8 Å². The Morgan fingerprint density at radius 2 is 1.07 bits per heavy atom. The molecule has 3 unspecified atom stereocenters. The first kappa shape index (κ1) is 53.5. The van der Waals surface area contributed by atoms with E-state index in [0.717, 1.165) is 57.8 Å². The Labute approximate surface area is 339 Å². The molecule has 3 atom stereocenters. The van der Waals surface area contributed by atoms with Crippen molar-refractivity contribution < 1.29 is 32.9 Å². The van der Waals surface area contributed by atoms with E-state index in [1.807, 2.05) is 27.2 Å². The zero-order chi connectivity index (χ0) is 40.7. The Morgan fingerprint density at radius 1 is 0.636 bits per heavy atom. The number of likely N-dealkylation sites (N-methyl/N-ethyl adjacent to an activating group) is 1. The molecule has 0 radical (unpaired) electrons. The predicted molar refractivity (Wildman–Crippen MR) is 233 cm³/mol. The molecule has 2 N–H and O–H groups in total. The highest BCUT2D eigenvalue weighted by molar-refractivity contribution is 7.45. The maximum absolute atomic E-state index is 12.8. The van der Waals surface area contributed by atoms with Crippen LogP contribution >= 0.6 is 7.82 Å². The van der Waals surface area contributed by atoms with Crippen molar-refractivity contribution in [1.82, 2.24) is 5.32 Å². The van der Waals surface area contributed by atoms with E-state index < -0.39 is 26.6 Å². The molecular formula is C46H87N2O6P. The molecule has 55 heavy (non-hydrogen) atoms. The molecule has 0 aliphatic rings. The number of amides is 1. The van der Waals surface area contributed by atoms with Gasteiger partial charge in [0.15, 0.2) is 0 Å². The number of nitrogens with one attached hydrogen (secondary N) is 1. The Balaban J connectivity index is 4.48. The third-order valence-corrected chi connectivity index (χ3v) is 10.7. The summed E-state index contributed by atoms with van der Waals surface area (Å²) in [7, 11) is 1.23. The molecule has 0 spiro atoms. The average molecular weight is 795 g/mol. The molecule has 0 aliphatic carbocycles. The summed E-state index contributed by atoms with van der Waals surface area (Å²) < 4.78 is 23.2. The van der Waals surface area contributed by atoms with Crippen molar-refractivity contribution >= 4 is 13.7 Å². The highest BCUT2D eigenvalue weighted by Gasteiger charge is 2.23. The third-order valence-electron chi connectivity index (χ3n) is 9.76. The molecule has 0 aromatic carbocycles. The van der Waals surface area contributed by atoms with Crippen LogP contribution in [0.25, 0.3) is 0 Å². The van der Waals surface area contributed by atoms with Gasteiger partial charge >= 0.3 is 0 Å². The van der Waals surface area contributed by atoms with Gasteiger partial charge in [-0.1, -0.05) is 165 Å². The molecule has 0 aromatic heterocycles. The van der Waals surface area contributed by atoms with E-state index in [1.165, 1.54) is 109 Å². The first-order valence-corrected chi connectivity index (χ1v) is 24.0. The zero-order valence-electron chi connectivity index (χ0n) is 36.4. The van der Waals surface area contributed by atoms with Gasteiger partial charge in [0.05, 0.1) is 39.9 Å². The second-order valence-corrected chi connectivity index (χ2v) is 17.8. The highest BCUT2D eigenvalue weighted by atomic mass is 31.2. The van der Waals surface area contributed by atoms with Gasteiger partial charge in [-0.3, -0.25) is 9.36 Å². The molecule has 0 saturated heterocycles. The molecule has 0 aliphatic heterocycles. The van der Waals surface area contributed by atoms with Gasteiger partial charge in [0.25, 0.3) is 7.82 Å². The highest BCUT2D eigenvalue weighted by Crippen LogP contribution is 2.38. The number of quaternary nitrogens is 1. The van der Waals surface area contributed by atoms with Crippen LogP contribution in [0.3, 0.4) is 0 Å². The van der Waals surface area contributed by atoms with Crippen LogP contribution in [0, 0.1) is 0 Å². The number of unbranched alkanes of at least 4 members (excludes halogenated alkanes) is 21. The summed E-state index contributed by atoms with van der Waals surface area (Å²) in [6, 6.07) is -0.907. The van der Waals surface area contributed by atoms with E-state index in [0.29, 0.717) is 17.4 Å². The van der Waals surface area contributed by atoms with Crippen molar-refractivity contribution in [2.75, 3.05) is 40.9 Å². The van der Waals surface area contributed by atoms with Crippen LogP contribution in [0.2, 0.25) is 0 Å². The Kier molecular flexibility index (Phi) is 36.9. The Hall–Kier alpha value is -1.54. The van der Waals surface area contributed by atoms with E-state index in [2.05, 4.69) is 55.6 Å². The van der Waals surface area contributed by atoms with Gasteiger partial charge in [0.1, 0.15) is 13.2 Å². The number of hydrogen-bond donors (Lipinski definition) is 2. The van der Waals surface area contributed by atoms with Crippen molar-refractivity contribution in [2.45, 2.75) is 199 Å².